The molecule has 1 atom stereocenters. The molecule has 0 saturated heterocycles. The van der Waals surface area contributed by atoms with Gasteiger partial charge < -0.3 is 0 Å². The van der Waals surface area contributed by atoms with Crippen LogP contribution >= 0.6 is 0 Å². The standard InChI is InChI=1S/C4H3NO5S/c6-3-1-2-4(7)5(3)10-11(8)9/h1-2H,(H,8,9). The van der Waals surface area contributed by atoms with E-state index in [1.807, 2.05) is 0 Å². The van der Waals surface area contributed by atoms with Crippen molar-refractivity contribution >= 4 is 23.2 Å². The zero-order chi connectivity index (χ0) is 8.43. The summed E-state index contributed by atoms with van der Waals surface area (Å²) in [5.74, 6) is -1.53. The third-order valence-electron chi connectivity index (χ3n) is 0.907. The third kappa shape index (κ3) is 1.70. The Kier molecular flexibility index (Phi) is 2.13. The van der Waals surface area contributed by atoms with Gasteiger partial charge in [0.15, 0.2) is 0 Å². The molecule has 0 aromatic carbocycles. The first kappa shape index (κ1) is 8.05. The lowest BCUT2D eigenvalue weighted by molar-refractivity contribution is -0.161. The molecule has 1 N–H and O–H groups in total. The number of hydroxylamine groups is 2. The highest BCUT2D eigenvalue weighted by atomic mass is 32.2. The molecule has 0 spiro atoms. The maximum Gasteiger partial charge on any atom is 0.325 e. The van der Waals surface area contributed by atoms with E-state index in [9.17, 15) is 13.8 Å². The van der Waals surface area contributed by atoms with E-state index in [-0.39, 0.29) is 5.06 Å². The van der Waals surface area contributed by atoms with Crippen molar-refractivity contribution in [3.8, 4) is 0 Å². The van der Waals surface area contributed by atoms with Gasteiger partial charge in [-0.1, -0.05) is 0 Å². The normalized spacial score (nSPS) is 19.5. The molecule has 1 heterocycles. The van der Waals surface area contributed by atoms with Gasteiger partial charge in [-0.2, -0.15) is 4.21 Å². The summed E-state index contributed by atoms with van der Waals surface area (Å²) in [4.78, 5) is 21.1. The number of nitrogens with zero attached hydrogens (tertiary/aromatic N) is 1. The Bertz CT molecular complexity index is 241. The van der Waals surface area contributed by atoms with Gasteiger partial charge >= 0.3 is 11.4 Å². The number of hydrogen-bond donors (Lipinski definition) is 1. The SMILES string of the molecule is O=C1C=CC(=O)N1OS(=O)O. The molecule has 0 bridgehead atoms. The van der Waals surface area contributed by atoms with E-state index >= 15 is 0 Å². The Balaban J connectivity index is 2.66. The summed E-state index contributed by atoms with van der Waals surface area (Å²) in [6.45, 7) is 0. The predicted octanol–water partition coefficient (Wildman–Crippen LogP) is -1.02. The minimum Gasteiger partial charge on any atom is -0.282 e. The first-order valence-electron chi connectivity index (χ1n) is 2.46. The Morgan fingerprint density at radius 3 is 2.18 bits per heavy atom. The predicted molar refractivity (Wildman–Crippen MR) is 32.8 cm³/mol. The highest BCUT2D eigenvalue weighted by Gasteiger charge is 2.26. The van der Waals surface area contributed by atoms with Crippen molar-refractivity contribution in [1.82, 2.24) is 5.06 Å². The summed E-state index contributed by atoms with van der Waals surface area (Å²) in [5.41, 5.74) is 0. The monoisotopic (exact) mass is 177 g/mol. The molecule has 0 saturated carbocycles. The van der Waals surface area contributed by atoms with Crippen LogP contribution < -0.4 is 0 Å². The van der Waals surface area contributed by atoms with Gasteiger partial charge in [-0.05, 0) is 0 Å². The van der Waals surface area contributed by atoms with E-state index in [2.05, 4.69) is 4.28 Å². The van der Waals surface area contributed by atoms with Crippen LogP contribution in [0.15, 0.2) is 12.2 Å². The second-order valence-corrected chi connectivity index (χ2v) is 2.18. The third-order valence-corrected chi connectivity index (χ3v) is 1.18. The molecule has 0 aromatic rings. The van der Waals surface area contributed by atoms with Crippen molar-refractivity contribution in [3.63, 3.8) is 0 Å². The van der Waals surface area contributed by atoms with Crippen LogP contribution in [0.3, 0.4) is 0 Å². The second-order valence-electron chi connectivity index (χ2n) is 1.60. The van der Waals surface area contributed by atoms with E-state index in [4.69, 9.17) is 4.55 Å². The van der Waals surface area contributed by atoms with Crippen molar-refractivity contribution < 1.29 is 22.6 Å². The van der Waals surface area contributed by atoms with Crippen molar-refractivity contribution in [3.05, 3.63) is 12.2 Å². The molecule has 1 aliphatic rings. The quantitative estimate of drug-likeness (QED) is 0.431. The zero-order valence-corrected chi connectivity index (χ0v) is 5.91. The van der Waals surface area contributed by atoms with E-state index in [1.54, 1.807) is 0 Å². The fourth-order valence-corrected chi connectivity index (χ4v) is 0.798. The molecule has 60 valence electrons. The summed E-state index contributed by atoms with van der Waals surface area (Å²) in [5, 5.41) is 0.204. The lowest BCUT2D eigenvalue weighted by atomic mass is 10.6. The Hall–Kier alpha value is -1.05. The molecule has 1 rings (SSSR count). The van der Waals surface area contributed by atoms with Gasteiger partial charge in [-0.3, -0.25) is 14.1 Å². The molecule has 2 amide bonds. The van der Waals surface area contributed by atoms with Gasteiger partial charge in [0.25, 0.3) is 11.8 Å². The molecule has 0 aliphatic carbocycles. The maximum absolute atomic E-state index is 10.6. The van der Waals surface area contributed by atoms with Crippen LogP contribution in [0.2, 0.25) is 0 Å². The molecule has 11 heavy (non-hydrogen) atoms. The fraction of sp³-hybridized carbons (Fsp3) is 0. The van der Waals surface area contributed by atoms with Crippen LogP contribution in [0.5, 0.6) is 0 Å². The van der Waals surface area contributed by atoms with Crippen LogP contribution in [-0.2, 0) is 25.2 Å². The summed E-state index contributed by atoms with van der Waals surface area (Å²) < 4.78 is 22.0. The van der Waals surface area contributed by atoms with Crippen molar-refractivity contribution in [2.45, 2.75) is 0 Å². The minimum atomic E-state index is -2.65. The number of carbonyl (C=O) groups is 2. The van der Waals surface area contributed by atoms with E-state index < -0.39 is 23.2 Å². The smallest absolute Gasteiger partial charge is 0.282 e. The van der Waals surface area contributed by atoms with Crippen LogP contribution in [0.4, 0.5) is 0 Å². The Labute approximate surface area is 63.9 Å². The molecular formula is C4H3NO5S. The molecule has 6 nitrogen and oxygen atoms in total. The van der Waals surface area contributed by atoms with Crippen molar-refractivity contribution in [1.29, 1.82) is 0 Å². The Morgan fingerprint density at radius 2 is 1.82 bits per heavy atom. The van der Waals surface area contributed by atoms with Crippen LogP contribution in [0, 0.1) is 0 Å². The lowest BCUT2D eigenvalue weighted by Gasteiger charge is -2.07. The van der Waals surface area contributed by atoms with Crippen LogP contribution in [-0.4, -0.2) is 25.6 Å². The molecule has 1 aliphatic heterocycles. The fourth-order valence-electron chi connectivity index (χ4n) is 0.524. The van der Waals surface area contributed by atoms with E-state index in [0.29, 0.717) is 0 Å². The average molecular weight is 177 g/mol. The van der Waals surface area contributed by atoms with Crippen LogP contribution in [0.25, 0.3) is 0 Å². The average Bonchev–Trinajstić information content (AvgIpc) is 2.18. The first-order valence-corrected chi connectivity index (χ1v) is 3.50. The molecule has 0 aromatic heterocycles. The van der Waals surface area contributed by atoms with Gasteiger partial charge in [-0.25, -0.2) is 0 Å². The van der Waals surface area contributed by atoms with Gasteiger partial charge in [0, 0.05) is 12.2 Å². The molecule has 0 fully saturated rings. The topological polar surface area (TPSA) is 83.9 Å². The summed E-state index contributed by atoms with van der Waals surface area (Å²) in [6, 6.07) is 0. The maximum atomic E-state index is 10.6. The minimum absolute atomic E-state index is 0.204. The highest BCUT2D eigenvalue weighted by Crippen LogP contribution is 2.04. The molecule has 1 unspecified atom stereocenters. The van der Waals surface area contributed by atoms with Gasteiger partial charge in [-0.15, -0.1) is 9.35 Å². The number of imide groups is 1. The van der Waals surface area contributed by atoms with Crippen molar-refractivity contribution in [2.75, 3.05) is 0 Å². The highest BCUT2D eigenvalue weighted by molar-refractivity contribution is 7.74. The zero-order valence-electron chi connectivity index (χ0n) is 5.09. The summed E-state index contributed by atoms with van der Waals surface area (Å²) >= 11 is -2.65. The summed E-state index contributed by atoms with van der Waals surface area (Å²) in [7, 11) is 0. The van der Waals surface area contributed by atoms with Gasteiger partial charge in [0.1, 0.15) is 0 Å². The van der Waals surface area contributed by atoms with Gasteiger partial charge in [0.2, 0.25) is 0 Å². The lowest BCUT2D eigenvalue weighted by Crippen LogP contribution is -2.30. The number of rotatable bonds is 2. The Morgan fingerprint density at radius 1 is 1.36 bits per heavy atom. The van der Waals surface area contributed by atoms with E-state index in [0.717, 1.165) is 12.2 Å². The van der Waals surface area contributed by atoms with E-state index in [1.165, 1.54) is 0 Å². The number of hydrogen-bond acceptors (Lipinski definition) is 4. The molecule has 0 radical (unpaired) electrons. The summed E-state index contributed by atoms with van der Waals surface area (Å²) in [6.07, 6.45) is 1.88. The van der Waals surface area contributed by atoms with Crippen LogP contribution in [0.1, 0.15) is 0 Å². The number of carbonyl (C=O) groups excluding carboxylic acids is 2. The molecular weight excluding hydrogens is 174 g/mol. The second kappa shape index (κ2) is 2.91. The van der Waals surface area contributed by atoms with Crippen molar-refractivity contribution in [2.24, 2.45) is 0 Å². The number of amides is 2. The first-order chi connectivity index (χ1) is 5.11. The molecule has 7 heteroatoms. The van der Waals surface area contributed by atoms with Gasteiger partial charge in [0.05, 0.1) is 0 Å². The largest absolute Gasteiger partial charge is 0.325 e.